The Morgan fingerprint density at radius 1 is 1.50 bits per heavy atom. The summed E-state index contributed by atoms with van der Waals surface area (Å²) in [7, 11) is 0. The molecule has 0 amide bonds. The van der Waals surface area contributed by atoms with Gasteiger partial charge in [-0.05, 0) is 18.8 Å². The molecule has 0 rings (SSSR count). The third-order valence-electron chi connectivity index (χ3n) is 2.96. The van der Waals surface area contributed by atoms with E-state index in [1.54, 1.807) is 0 Å². The normalized spacial score (nSPS) is 15.5. The third-order valence-corrected chi connectivity index (χ3v) is 2.96. The number of hydrogen-bond donors (Lipinski definition) is 2. The van der Waals surface area contributed by atoms with Crippen LogP contribution in [0.1, 0.15) is 46.5 Å². The van der Waals surface area contributed by atoms with Gasteiger partial charge in [0.15, 0.2) is 0 Å². The maximum atomic E-state index is 11.1. The standard InChI is InChI=1S/C11H23NO2/c1-4-11(8-12,10(13)14)7-5-6-9(2)3/h9H,4-8,12H2,1-3H3,(H,13,14). The molecule has 84 valence electrons. The van der Waals surface area contributed by atoms with Crippen LogP contribution in [0.15, 0.2) is 0 Å². The number of hydrogen-bond acceptors (Lipinski definition) is 2. The molecule has 0 radical (unpaired) electrons. The fraction of sp³-hybridized carbons (Fsp3) is 0.909. The highest BCUT2D eigenvalue weighted by Crippen LogP contribution is 2.28. The smallest absolute Gasteiger partial charge is 0.310 e. The van der Waals surface area contributed by atoms with Crippen LogP contribution in [-0.4, -0.2) is 17.6 Å². The first kappa shape index (κ1) is 13.4. The van der Waals surface area contributed by atoms with E-state index in [0.29, 0.717) is 18.8 Å². The van der Waals surface area contributed by atoms with E-state index in [2.05, 4.69) is 13.8 Å². The van der Waals surface area contributed by atoms with Gasteiger partial charge in [0.1, 0.15) is 0 Å². The number of nitrogens with two attached hydrogens (primary N) is 1. The van der Waals surface area contributed by atoms with Crippen molar-refractivity contribution in [2.24, 2.45) is 17.1 Å². The van der Waals surface area contributed by atoms with Crippen molar-refractivity contribution in [2.45, 2.75) is 46.5 Å². The minimum Gasteiger partial charge on any atom is -0.481 e. The number of carboxylic acids is 1. The fourth-order valence-electron chi connectivity index (χ4n) is 1.62. The molecule has 3 N–H and O–H groups in total. The van der Waals surface area contributed by atoms with Crippen LogP contribution in [0.4, 0.5) is 0 Å². The Labute approximate surface area is 86.7 Å². The third kappa shape index (κ3) is 3.66. The van der Waals surface area contributed by atoms with Crippen molar-refractivity contribution in [3.63, 3.8) is 0 Å². The Balaban J connectivity index is 4.16. The molecule has 0 aliphatic heterocycles. The average Bonchev–Trinajstić information content (AvgIpc) is 2.12. The van der Waals surface area contributed by atoms with Crippen molar-refractivity contribution >= 4 is 5.97 Å². The summed E-state index contributed by atoms with van der Waals surface area (Å²) in [5.74, 6) is -0.109. The minimum absolute atomic E-state index is 0.247. The van der Waals surface area contributed by atoms with Gasteiger partial charge in [-0.3, -0.25) is 4.79 Å². The van der Waals surface area contributed by atoms with Gasteiger partial charge in [0.2, 0.25) is 0 Å². The lowest BCUT2D eigenvalue weighted by Crippen LogP contribution is -2.38. The van der Waals surface area contributed by atoms with Crippen LogP contribution < -0.4 is 5.73 Å². The summed E-state index contributed by atoms with van der Waals surface area (Å²) in [4.78, 5) is 11.1. The van der Waals surface area contributed by atoms with E-state index >= 15 is 0 Å². The van der Waals surface area contributed by atoms with Gasteiger partial charge in [-0.15, -0.1) is 0 Å². The summed E-state index contributed by atoms with van der Waals surface area (Å²) in [6.07, 6.45) is 3.36. The Bertz CT molecular complexity index is 174. The molecule has 0 aromatic heterocycles. The van der Waals surface area contributed by atoms with Crippen molar-refractivity contribution in [2.75, 3.05) is 6.54 Å². The van der Waals surface area contributed by atoms with Crippen LogP contribution in [0.3, 0.4) is 0 Å². The Kier molecular flexibility index (Phi) is 5.77. The van der Waals surface area contributed by atoms with Gasteiger partial charge in [0, 0.05) is 6.54 Å². The second-order valence-corrected chi connectivity index (χ2v) is 4.43. The fourth-order valence-corrected chi connectivity index (χ4v) is 1.62. The zero-order chi connectivity index (χ0) is 11.2. The molecular weight excluding hydrogens is 178 g/mol. The molecule has 0 spiro atoms. The van der Waals surface area contributed by atoms with Crippen LogP contribution in [0.2, 0.25) is 0 Å². The van der Waals surface area contributed by atoms with Crippen molar-refractivity contribution in [3.8, 4) is 0 Å². The average molecular weight is 201 g/mol. The zero-order valence-electron chi connectivity index (χ0n) is 9.55. The van der Waals surface area contributed by atoms with Crippen molar-refractivity contribution < 1.29 is 9.90 Å². The molecule has 3 heteroatoms. The summed E-state index contributed by atoms with van der Waals surface area (Å²) in [6.45, 7) is 6.45. The van der Waals surface area contributed by atoms with E-state index in [1.807, 2.05) is 6.92 Å². The molecule has 14 heavy (non-hydrogen) atoms. The van der Waals surface area contributed by atoms with Gasteiger partial charge < -0.3 is 10.8 Å². The van der Waals surface area contributed by atoms with E-state index in [1.165, 1.54) is 0 Å². The van der Waals surface area contributed by atoms with E-state index in [9.17, 15) is 4.79 Å². The first-order valence-corrected chi connectivity index (χ1v) is 5.42. The highest BCUT2D eigenvalue weighted by atomic mass is 16.4. The Morgan fingerprint density at radius 3 is 2.36 bits per heavy atom. The van der Waals surface area contributed by atoms with Gasteiger partial charge in [0.25, 0.3) is 0 Å². The van der Waals surface area contributed by atoms with Crippen LogP contribution >= 0.6 is 0 Å². The molecule has 1 atom stereocenters. The summed E-state index contributed by atoms with van der Waals surface area (Å²) in [5.41, 5.74) is 4.87. The monoisotopic (exact) mass is 201 g/mol. The maximum Gasteiger partial charge on any atom is 0.310 e. The summed E-state index contributed by atoms with van der Waals surface area (Å²) in [5, 5.41) is 9.11. The van der Waals surface area contributed by atoms with E-state index in [4.69, 9.17) is 10.8 Å². The van der Waals surface area contributed by atoms with Crippen LogP contribution in [0, 0.1) is 11.3 Å². The molecule has 0 aliphatic carbocycles. The van der Waals surface area contributed by atoms with E-state index < -0.39 is 11.4 Å². The highest BCUT2D eigenvalue weighted by molar-refractivity contribution is 5.74. The molecule has 0 aromatic rings. The summed E-state index contributed by atoms with van der Waals surface area (Å²) in [6, 6.07) is 0. The molecule has 0 saturated heterocycles. The SMILES string of the molecule is CCC(CN)(CCCC(C)C)C(=O)O. The predicted molar refractivity (Wildman–Crippen MR) is 58.1 cm³/mol. The van der Waals surface area contributed by atoms with Crippen LogP contribution in [0.25, 0.3) is 0 Å². The second-order valence-electron chi connectivity index (χ2n) is 4.43. The first-order chi connectivity index (χ1) is 6.48. The van der Waals surface area contributed by atoms with E-state index in [-0.39, 0.29) is 6.54 Å². The summed E-state index contributed by atoms with van der Waals surface area (Å²) >= 11 is 0. The zero-order valence-corrected chi connectivity index (χ0v) is 9.55. The number of aliphatic carboxylic acids is 1. The molecule has 0 saturated carbocycles. The van der Waals surface area contributed by atoms with Gasteiger partial charge >= 0.3 is 5.97 Å². The minimum atomic E-state index is -0.744. The number of carboxylic acid groups (broad SMARTS) is 1. The summed E-state index contributed by atoms with van der Waals surface area (Å²) < 4.78 is 0. The predicted octanol–water partition coefficient (Wildman–Crippen LogP) is 2.25. The van der Waals surface area contributed by atoms with Gasteiger partial charge in [-0.2, -0.15) is 0 Å². The van der Waals surface area contributed by atoms with Gasteiger partial charge in [0.05, 0.1) is 5.41 Å². The lowest BCUT2D eigenvalue weighted by molar-refractivity contribution is -0.149. The molecule has 0 heterocycles. The van der Waals surface area contributed by atoms with Gasteiger partial charge in [-0.25, -0.2) is 0 Å². The Hall–Kier alpha value is -0.570. The lowest BCUT2D eigenvalue weighted by atomic mass is 9.80. The van der Waals surface area contributed by atoms with Crippen molar-refractivity contribution in [1.82, 2.24) is 0 Å². The second kappa shape index (κ2) is 6.02. The highest BCUT2D eigenvalue weighted by Gasteiger charge is 2.34. The molecule has 0 bridgehead atoms. The first-order valence-electron chi connectivity index (χ1n) is 5.42. The molecule has 0 aromatic carbocycles. The van der Waals surface area contributed by atoms with Crippen LogP contribution in [-0.2, 0) is 4.79 Å². The molecular formula is C11H23NO2. The largest absolute Gasteiger partial charge is 0.481 e. The molecule has 0 aliphatic rings. The van der Waals surface area contributed by atoms with Crippen LogP contribution in [0.5, 0.6) is 0 Å². The van der Waals surface area contributed by atoms with Crippen molar-refractivity contribution in [1.29, 1.82) is 0 Å². The van der Waals surface area contributed by atoms with Gasteiger partial charge in [-0.1, -0.05) is 33.6 Å². The maximum absolute atomic E-state index is 11.1. The molecule has 1 unspecified atom stereocenters. The number of carbonyl (C=O) groups is 1. The molecule has 3 nitrogen and oxygen atoms in total. The molecule has 0 fully saturated rings. The Morgan fingerprint density at radius 2 is 2.07 bits per heavy atom. The topological polar surface area (TPSA) is 63.3 Å². The van der Waals surface area contributed by atoms with Crippen molar-refractivity contribution in [3.05, 3.63) is 0 Å². The van der Waals surface area contributed by atoms with E-state index in [0.717, 1.165) is 12.8 Å². The lowest BCUT2D eigenvalue weighted by Gasteiger charge is -2.26. The quantitative estimate of drug-likeness (QED) is 0.664. The number of rotatable bonds is 7.